The molecule has 0 radical (unpaired) electrons. The Labute approximate surface area is 108 Å². The fraction of sp³-hybridized carbons (Fsp3) is 0.273. The molecular formula is C11H10BrClN2O. The van der Waals surface area contributed by atoms with Crippen molar-refractivity contribution in [1.29, 1.82) is 5.26 Å². The molecule has 0 aliphatic carbocycles. The molecule has 0 spiro atoms. The van der Waals surface area contributed by atoms with Gasteiger partial charge in [-0.3, -0.25) is 4.79 Å². The van der Waals surface area contributed by atoms with Crippen LogP contribution in [-0.4, -0.2) is 23.9 Å². The Morgan fingerprint density at radius 2 is 2.25 bits per heavy atom. The van der Waals surface area contributed by atoms with Gasteiger partial charge in [-0.05, 0) is 25.1 Å². The van der Waals surface area contributed by atoms with Crippen molar-refractivity contribution in [3.8, 4) is 6.07 Å². The van der Waals surface area contributed by atoms with E-state index in [1.165, 1.54) is 4.90 Å². The molecule has 0 aliphatic rings. The van der Waals surface area contributed by atoms with Crippen LogP contribution in [0.25, 0.3) is 0 Å². The molecule has 1 aromatic carbocycles. The van der Waals surface area contributed by atoms with Crippen LogP contribution in [0.5, 0.6) is 0 Å². The number of rotatable bonds is 3. The first-order valence-electron chi connectivity index (χ1n) is 4.70. The highest BCUT2D eigenvalue weighted by Crippen LogP contribution is 2.20. The van der Waals surface area contributed by atoms with Crippen LogP contribution < -0.4 is 0 Å². The Balaban J connectivity index is 2.99. The molecule has 1 aromatic rings. The van der Waals surface area contributed by atoms with E-state index in [0.717, 1.165) is 4.47 Å². The fourth-order valence-electron chi connectivity index (χ4n) is 1.27. The largest absolute Gasteiger partial charge is 0.326 e. The molecule has 0 atom stereocenters. The molecule has 0 saturated carbocycles. The van der Waals surface area contributed by atoms with Crippen LogP contribution in [0.3, 0.4) is 0 Å². The number of hydrogen-bond acceptors (Lipinski definition) is 2. The van der Waals surface area contributed by atoms with Gasteiger partial charge >= 0.3 is 0 Å². The maximum absolute atomic E-state index is 12.0. The lowest BCUT2D eigenvalue weighted by molar-refractivity contribution is 0.0784. The van der Waals surface area contributed by atoms with Gasteiger partial charge in [-0.25, -0.2) is 0 Å². The van der Waals surface area contributed by atoms with Crippen LogP contribution in [-0.2, 0) is 0 Å². The number of amides is 1. The molecule has 1 rings (SSSR count). The predicted octanol–water partition coefficient (Wildman–Crippen LogP) is 3.09. The summed E-state index contributed by atoms with van der Waals surface area (Å²) >= 11 is 9.12. The molecule has 0 N–H and O–H groups in total. The van der Waals surface area contributed by atoms with Crippen LogP contribution in [0.1, 0.15) is 17.3 Å². The van der Waals surface area contributed by atoms with Crippen molar-refractivity contribution in [1.82, 2.24) is 4.90 Å². The Kier molecular flexibility index (Phi) is 4.78. The molecule has 0 aliphatic heterocycles. The van der Waals surface area contributed by atoms with Crippen molar-refractivity contribution in [3.63, 3.8) is 0 Å². The van der Waals surface area contributed by atoms with Gasteiger partial charge in [0.2, 0.25) is 0 Å². The van der Waals surface area contributed by atoms with E-state index < -0.39 is 0 Å². The summed E-state index contributed by atoms with van der Waals surface area (Å²) in [6, 6.07) is 6.95. The summed E-state index contributed by atoms with van der Waals surface area (Å²) in [4.78, 5) is 13.4. The van der Waals surface area contributed by atoms with E-state index in [1.54, 1.807) is 18.2 Å². The average molecular weight is 302 g/mol. The van der Waals surface area contributed by atoms with E-state index in [2.05, 4.69) is 15.9 Å². The minimum atomic E-state index is -0.188. The zero-order chi connectivity index (χ0) is 12.1. The predicted molar refractivity (Wildman–Crippen MR) is 66.3 cm³/mol. The maximum atomic E-state index is 12.0. The summed E-state index contributed by atoms with van der Waals surface area (Å²) < 4.78 is 0.747. The van der Waals surface area contributed by atoms with Crippen molar-refractivity contribution < 1.29 is 4.79 Å². The topological polar surface area (TPSA) is 44.1 Å². The third-order valence-electron chi connectivity index (χ3n) is 2.04. The molecule has 0 saturated heterocycles. The molecule has 0 unspecified atom stereocenters. The van der Waals surface area contributed by atoms with Crippen molar-refractivity contribution in [2.24, 2.45) is 0 Å². The lowest BCUT2D eigenvalue weighted by Crippen LogP contribution is -2.31. The second-order valence-electron chi connectivity index (χ2n) is 3.14. The van der Waals surface area contributed by atoms with Gasteiger partial charge in [0.1, 0.15) is 6.54 Å². The third kappa shape index (κ3) is 3.22. The molecular weight excluding hydrogens is 291 g/mol. The summed E-state index contributed by atoms with van der Waals surface area (Å²) in [5.41, 5.74) is 0.483. The summed E-state index contributed by atoms with van der Waals surface area (Å²) in [6.45, 7) is 2.41. The van der Waals surface area contributed by atoms with E-state index in [1.807, 2.05) is 13.0 Å². The van der Waals surface area contributed by atoms with Gasteiger partial charge in [-0.15, -0.1) is 0 Å². The van der Waals surface area contributed by atoms with Crippen molar-refractivity contribution in [3.05, 3.63) is 33.3 Å². The van der Waals surface area contributed by atoms with Crippen LogP contribution in [0.15, 0.2) is 22.7 Å². The lowest BCUT2D eigenvalue weighted by Gasteiger charge is -2.17. The standard InChI is InChI=1S/C11H10BrClN2O/c1-2-15(4-3-14)11(16)8-5-9(12)7-10(13)6-8/h5-7H,2,4H2,1H3. The Bertz CT molecular complexity index is 422. The molecule has 0 heterocycles. The van der Waals surface area contributed by atoms with E-state index in [0.29, 0.717) is 17.1 Å². The summed E-state index contributed by atoms with van der Waals surface area (Å²) in [6.07, 6.45) is 0. The first kappa shape index (κ1) is 13.0. The van der Waals surface area contributed by atoms with E-state index >= 15 is 0 Å². The molecule has 0 aromatic heterocycles. The van der Waals surface area contributed by atoms with Gasteiger partial charge in [0, 0.05) is 21.6 Å². The number of carbonyl (C=O) groups is 1. The monoisotopic (exact) mass is 300 g/mol. The SMILES string of the molecule is CCN(CC#N)C(=O)c1cc(Cl)cc(Br)c1. The van der Waals surface area contributed by atoms with Gasteiger partial charge in [0.25, 0.3) is 5.91 Å². The smallest absolute Gasteiger partial charge is 0.254 e. The highest BCUT2D eigenvalue weighted by molar-refractivity contribution is 9.10. The van der Waals surface area contributed by atoms with Gasteiger partial charge in [0.15, 0.2) is 0 Å². The molecule has 16 heavy (non-hydrogen) atoms. The van der Waals surface area contributed by atoms with E-state index in [-0.39, 0.29) is 12.5 Å². The highest BCUT2D eigenvalue weighted by atomic mass is 79.9. The van der Waals surface area contributed by atoms with Gasteiger partial charge in [-0.1, -0.05) is 27.5 Å². The van der Waals surface area contributed by atoms with Crippen molar-refractivity contribution in [2.75, 3.05) is 13.1 Å². The molecule has 84 valence electrons. The summed E-state index contributed by atoms with van der Waals surface area (Å²) in [5, 5.41) is 9.08. The Morgan fingerprint density at radius 1 is 1.56 bits per heavy atom. The number of nitrogens with zero attached hydrogens (tertiary/aromatic N) is 2. The number of hydrogen-bond donors (Lipinski definition) is 0. The Hall–Kier alpha value is -1.05. The second kappa shape index (κ2) is 5.88. The molecule has 3 nitrogen and oxygen atoms in total. The molecule has 1 amide bonds. The average Bonchev–Trinajstić information content (AvgIpc) is 2.23. The number of halogens is 2. The fourth-order valence-corrected chi connectivity index (χ4v) is 2.13. The quantitative estimate of drug-likeness (QED) is 0.805. The lowest BCUT2D eigenvalue weighted by atomic mass is 10.2. The normalized spacial score (nSPS) is 9.62. The number of carbonyl (C=O) groups excluding carboxylic acids is 1. The van der Waals surface area contributed by atoms with Crippen molar-refractivity contribution in [2.45, 2.75) is 6.92 Å². The second-order valence-corrected chi connectivity index (χ2v) is 4.49. The van der Waals surface area contributed by atoms with Crippen LogP contribution >= 0.6 is 27.5 Å². The van der Waals surface area contributed by atoms with Crippen LogP contribution in [0, 0.1) is 11.3 Å². The van der Waals surface area contributed by atoms with Crippen LogP contribution in [0.2, 0.25) is 5.02 Å². The minimum Gasteiger partial charge on any atom is -0.326 e. The highest BCUT2D eigenvalue weighted by Gasteiger charge is 2.14. The Morgan fingerprint density at radius 3 is 2.75 bits per heavy atom. The molecule has 5 heteroatoms. The van der Waals surface area contributed by atoms with Gasteiger partial charge in [0.05, 0.1) is 6.07 Å². The molecule has 0 fully saturated rings. The first-order chi connectivity index (χ1) is 7.58. The number of nitriles is 1. The maximum Gasteiger partial charge on any atom is 0.254 e. The zero-order valence-electron chi connectivity index (χ0n) is 8.70. The van der Waals surface area contributed by atoms with E-state index in [9.17, 15) is 4.79 Å². The van der Waals surface area contributed by atoms with E-state index in [4.69, 9.17) is 16.9 Å². The summed E-state index contributed by atoms with van der Waals surface area (Å²) in [5.74, 6) is -0.188. The third-order valence-corrected chi connectivity index (χ3v) is 2.72. The van der Waals surface area contributed by atoms with Gasteiger partial charge < -0.3 is 4.90 Å². The van der Waals surface area contributed by atoms with Crippen LogP contribution in [0.4, 0.5) is 0 Å². The first-order valence-corrected chi connectivity index (χ1v) is 5.88. The summed E-state index contributed by atoms with van der Waals surface area (Å²) in [7, 11) is 0. The van der Waals surface area contributed by atoms with Crippen molar-refractivity contribution >= 4 is 33.4 Å². The molecule has 0 bridgehead atoms. The zero-order valence-corrected chi connectivity index (χ0v) is 11.0. The minimum absolute atomic E-state index is 0.0828. The number of benzene rings is 1. The van der Waals surface area contributed by atoms with Gasteiger partial charge in [-0.2, -0.15) is 5.26 Å².